The number of nitriles is 1. The number of hydrogen-bond donors (Lipinski definition) is 1. The summed E-state index contributed by atoms with van der Waals surface area (Å²) in [4.78, 5) is 12.1. The van der Waals surface area contributed by atoms with Crippen molar-refractivity contribution in [2.45, 2.75) is 123 Å². The van der Waals surface area contributed by atoms with Gasteiger partial charge in [-0.25, -0.2) is 4.79 Å². The van der Waals surface area contributed by atoms with E-state index >= 15 is 0 Å². The standard InChI is InChI=1S/C28H46N2O2/c1-4-5-6-7-8-9-10-11-12-13-14-15-16-17-18-23-30-26-21-19-25(20-22-26)27(31)32-28(2,3)24-29/h19-22,30H,4-18,23H2,1-3H3. The molecular formula is C28H46N2O2. The highest BCUT2D eigenvalue weighted by molar-refractivity contribution is 5.90. The van der Waals surface area contributed by atoms with Gasteiger partial charge in [-0.05, 0) is 44.5 Å². The van der Waals surface area contributed by atoms with Gasteiger partial charge in [-0.2, -0.15) is 5.26 Å². The lowest BCUT2D eigenvalue weighted by molar-refractivity contribution is 0.0198. The van der Waals surface area contributed by atoms with Crippen molar-refractivity contribution < 1.29 is 9.53 Å². The van der Waals surface area contributed by atoms with Crippen LogP contribution in [0.3, 0.4) is 0 Å². The van der Waals surface area contributed by atoms with Crippen molar-refractivity contribution in [3.05, 3.63) is 29.8 Å². The molecule has 0 aliphatic rings. The molecule has 0 saturated heterocycles. The number of benzene rings is 1. The Hall–Kier alpha value is -2.02. The Morgan fingerprint density at radius 3 is 1.69 bits per heavy atom. The molecule has 0 bridgehead atoms. The fourth-order valence-electron chi connectivity index (χ4n) is 3.77. The second kappa shape index (κ2) is 17.5. The molecule has 0 aliphatic heterocycles. The fraction of sp³-hybridized carbons (Fsp3) is 0.714. The molecular weight excluding hydrogens is 396 g/mol. The van der Waals surface area contributed by atoms with Crippen LogP contribution in [0.15, 0.2) is 24.3 Å². The second-order valence-electron chi connectivity index (χ2n) is 9.47. The van der Waals surface area contributed by atoms with Gasteiger partial charge in [0.1, 0.15) is 6.07 Å². The summed E-state index contributed by atoms with van der Waals surface area (Å²) < 4.78 is 5.19. The first-order valence-electron chi connectivity index (χ1n) is 13.0. The van der Waals surface area contributed by atoms with Gasteiger partial charge in [0.15, 0.2) is 5.60 Å². The molecule has 180 valence electrons. The third-order valence-electron chi connectivity index (χ3n) is 5.85. The molecule has 32 heavy (non-hydrogen) atoms. The van der Waals surface area contributed by atoms with Gasteiger partial charge in [0.05, 0.1) is 5.56 Å². The second-order valence-corrected chi connectivity index (χ2v) is 9.47. The van der Waals surface area contributed by atoms with Crippen molar-refractivity contribution in [3.8, 4) is 6.07 Å². The minimum Gasteiger partial charge on any atom is -0.441 e. The van der Waals surface area contributed by atoms with Gasteiger partial charge in [-0.15, -0.1) is 0 Å². The third kappa shape index (κ3) is 14.1. The average Bonchev–Trinajstić information content (AvgIpc) is 2.79. The molecule has 0 aliphatic carbocycles. The zero-order valence-corrected chi connectivity index (χ0v) is 20.9. The van der Waals surface area contributed by atoms with Crippen LogP contribution in [0.4, 0.5) is 5.69 Å². The Morgan fingerprint density at radius 2 is 1.25 bits per heavy atom. The van der Waals surface area contributed by atoms with Gasteiger partial charge in [0.25, 0.3) is 0 Å². The summed E-state index contributed by atoms with van der Waals surface area (Å²) in [5, 5.41) is 12.4. The summed E-state index contributed by atoms with van der Waals surface area (Å²) >= 11 is 0. The molecule has 0 atom stereocenters. The Kier molecular flexibility index (Phi) is 15.3. The van der Waals surface area contributed by atoms with E-state index in [4.69, 9.17) is 10.00 Å². The number of esters is 1. The van der Waals surface area contributed by atoms with Crippen molar-refractivity contribution in [2.75, 3.05) is 11.9 Å². The van der Waals surface area contributed by atoms with E-state index in [1.807, 2.05) is 18.2 Å². The Bertz CT molecular complexity index is 646. The average molecular weight is 443 g/mol. The van der Waals surface area contributed by atoms with E-state index < -0.39 is 11.6 Å². The summed E-state index contributed by atoms with van der Waals surface area (Å²) in [7, 11) is 0. The highest BCUT2D eigenvalue weighted by Crippen LogP contribution is 2.16. The topological polar surface area (TPSA) is 62.1 Å². The number of unbranched alkanes of at least 4 members (excludes halogenated alkanes) is 14. The summed E-state index contributed by atoms with van der Waals surface area (Å²) in [5.74, 6) is -0.467. The van der Waals surface area contributed by atoms with Gasteiger partial charge < -0.3 is 10.1 Å². The number of ether oxygens (including phenoxy) is 1. The van der Waals surface area contributed by atoms with Gasteiger partial charge in [-0.3, -0.25) is 0 Å². The molecule has 1 N–H and O–H groups in total. The summed E-state index contributed by atoms with van der Waals surface area (Å²) in [5.41, 5.74) is 0.360. The Balaban J connectivity index is 1.96. The Morgan fingerprint density at radius 1 is 0.812 bits per heavy atom. The van der Waals surface area contributed by atoms with Crippen LogP contribution >= 0.6 is 0 Å². The van der Waals surface area contributed by atoms with Crippen molar-refractivity contribution >= 4 is 11.7 Å². The highest BCUT2D eigenvalue weighted by Gasteiger charge is 2.22. The van der Waals surface area contributed by atoms with Crippen LogP contribution in [-0.4, -0.2) is 18.1 Å². The molecule has 1 aromatic carbocycles. The minimum atomic E-state index is -1.11. The molecule has 4 heteroatoms. The van der Waals surface area contributed by atoms with Crippen LogP contribution in [0.5, 0.6) is 0 Å². The molecule has 0 unspecified atom stereocenters. The summed E-state index contributed by atoms with van der Waals surface area (Å²) in [6, 6.07) is 9.23. The predicted octanol–water partition coefficient (Wildman–Crippen LogP) is 8.43. The summed E-state index contributed by atoms with van der Waals surface area (Å²) in [6.07, 6.45) is 20.6. The van der Waals surface area contributed by atoms with E-state index in [9.17, 15) is 4.79 Å². The molecule has 1 aromatic rings. The van der Waals surface area contributed by atoms with Crippen LogP contribution in [0.1, 0.15) is 127 Å². The van der Waals surface area contributed by atoms with Crippen molar-refractivity contribution in [1.82, 2.24) is 0 Å². The minimum absolute atomic E-state index is 0.464. The molecule has 0 spiro atoms. The van der Waals surface area contributed by atoms with Gasteiger partial charge in [0.2, 0.25) is 0 Å². The van der Waals surface area contributed by atoms with E-state index in [1.54, 1.807) is 26.0 Å². The van der Waals surface area contributed by atoms with Crippen molar-refractivity contribution in [2.24, 2.45) is 0 Å². The number of nitrogens with zero attached hydrogens (tertiary/aromatic N) is 1. The molecule has 0 aromatic heterocycles. The lowest BCUT2D eigenvalue weighted by Crippen LogP contribution is -2.25. The number of hydrogen-bond acceptors (Lipinski definition) is 4. The van der Waals surface area contributed by atoms with Crippen molar-refractivity contribution in [1.29, 1.82) is 5.26 Å². The van der Waals surface area contributed by atoms with E-state index in [1.165, 1.54) is 89.9 Å². The molecule has 1 rings (SSSR count). The maximum absolute atomic E-state index is 12.1. The van der Waals surface area contributed by atoms with E-state index in [0.29, 0.717) is 5.56 Å². The number of carbonyl (C=O) groups is 1. The third-order valence-corrected chi connectivity index (χ3v) is 5.85. The Labute approximate surface area is 197 Å². The molecule has 4 nitrogen and oxygen atoms in total. The molecule has 0 saturated carbocycles. The smallest absolute Gasteiger partial charge is 0.339 e. The van der Waals surface area contributed by atoms with Crippen LogP contribution in [0.2, 0.25) is 0 Å². The van der Waals surface area contributed by atoms with E-state index in [-0.39, 0.29) is 0 Å². The van der Waals surface area contributed by atoms with E-state index in [2.05, 4.69) is 12.2 Å². The van der Waals surface area contributed by atoms with Gasteiger partial charge in [0, 0.05) is 12.2 Å². The van der Waals surface area contributed by atoms with Crippen LogP contribution in [-0.2, 0) is 4.74 Å². The quantitative estimate of drug-likeness (QED) is 0.172. The van der Waals surface area contributed by atoms with Crippen LogP contribution in [0, 0.1) is 11.3 Å². The number of anilines is 1. The van der Waals surface area contributed by atoms with Gasteiger partial charge >= 0.3 is 5.97 Å². The van der Waals surface area contributed by atoms with Crippen LogP contribution < -0.4 is 5.32 Å². The number of nitrogens with one attached hydrogen (secondary N) is 1. The molecule has 0 heterocycles. The summed E-state index contributed by atoms with van der Waals surface area (Å²) in [6.45, 7) is 6.39. The monoisotopic (exact) mass is 442 g/mol. The maximum Gasteiger partial charge on any atom is 0.339 e. The van der Waals surface area contributed by atoms with Crippen LogP contribution in [0.25, 0.3) is 0 Å². The predicted molar refractivity (Wildman–Crippen MR) is 135 cm³/mol. The first-order valence-corrected chi connectivity index (χ1v) is 13.0. The zero-order valence-electron chi connectivity index (χ0n) is 20.9. The SMILES string of the molecule is CCCCCCCCCCCCCCCCCNc1ccc(C(=O)OC(C)(C)C#N)cc1. The largest absolute Gasteiger partial charge is 0.441 e. The normalized spacial score (nSPS) is 11.2. The van der Waals surface area contributed by atoms with Crippen molar-refractivity contribution in [3.63, 3.8) is 0 Å². The number of rotatable bonds is 19. The lowest BCUT2D eigenvalue weighted by atomic mass is 10.0. The van der Waals surface area contributed by atoms with E-state index in [0.717, 1.165) is 18.7 Å². The molecule has 0 fully saturated rings. The zero-order chi connectivity index (χ0) is 23.5. The highest BCUT2D eigenvalue weighted by atomic mass is 16.6. The van der Waals surface area contributed by atoms with Gasteiger partial charge in [-0.1, -0.05) is 96.8 Å². The lowest BCUT2D eigenvalue weighted by Gasteiger charge is -2.16. The maximum atomic E-state index is 12.1. The molecule has 0 amide bonds. The molecule has 0 radical (unpaired) electrons. The fourth-order valence-corrected chi connectivity index (χ4v) is 3.77. The first kappa shape index (κ1) is 28.0. The first-order chi connectivity index (χ1) is 15.5. The number of carbonyl (C=O) groups excluding carboxylic acids is 1.